The van der Waals surface area contributed by atoms with Crippen LogP contribution >= 0.6 is 0 Å². The monoisotopic (exact) mass is 526 g/mol. The van der Waals surface area contributed by atoms with Crippen LogP contribution in [0.25, 0.3) is 0 Å². The highest BCUT2D eigenvalue weighted by Crippen LogP contribution is 2.30. The second-order valence-electron chi connectivity index (χ2n) is 9.73. The number of ether oxygens (including phenoxy) is 1. The Kier molecular flexibility index (Phi) is 12.0. The molecule has 0 aromatic heterocycles. The zero-order chi connectivity index (χ0) is 27.2. The van der Waals surface area contributed by atoms with Crippen LogP contribution < -0.4 is 10.9 Å². The molecule has 3 amide bonds. The van der Waals surface area contributed by atoms with Crippen molar-refractivity contribution in [3.63, 3.8) is 0 Å². The van der Waals surface area contributed by atoms with Crippen LogP contribution in [-0.4, -0.2) is 52.2 Å². The minimum atomic E-state index is -0.433. The lowest BCUT2D eigenvalue weighted by molar-refractivity contribution is -0.155. The van der Waals surface area contributed by atoms with Gasteiger partial charge in [-0.1, -0.05) is 36.8 Å². The van der Waals surface area contributed by atoms with Crippen LogP contribution in [0.2, 0.25) is 0 Å². The van der Waals surface area contributed by atoms with Crippen LogP contribution in [-0.2, 0) is 30.5 Å². The quantitative estimate of drug-likeness (QED) is 0.107. The first-order valence-corrected chi connectivity index (χ1v) is 13.4. The van der Waals surface area contributed by atoms with Gasteiger partial charge in [0.15, 0.2) is 0 Å². The maximum atomic E-state index is 13.2. The molecule has 10 heteroatoms. The third-order valence-corrected chi connectivity index (χ3v) is 6.77. The predicted octanol–water partition coefficient (Wildman–Crippen LogP) is 3.52. The number of hydrogen-bond acceptors (Lipinski definition) is 7. The molecule has 2 aliphatic rings. The number of carbonyl (C=O) groups is 4. The van der Waals surface area contributed by atoms with E-state index in [0.717, 1.165) is 30.4 Å². The Morgan fingerprint density at radius 2 is 1.82 bits per heavy atom. The Labute approximate surface area is 223 Å². The summed E-state index contributed by atoms with van der Waals surface area (Å²) in [6.45, 7) is 0.406. The fraction of sp³-hybridized carbons (Fsp3) is 0.536. The number of hydroxylamine groups is 1. The number of fused-ring (bicyclic) bond motifs is 1. The minimum Gasteiger partial charge on any atom is -0.460 e. The largest absolute Gasteiger partial charge is 0.460 e. The Bertz CT molecular complexity index is 1020. The zero-order valence-electron chi connectivity index (χ0n) is 21.8. The highest BCUT2D eigenvalue weighted by atomic mass is 16.5. The number of rotatable bonds is 10. The van der Waals surface area contributed by atoms with E-state index in [1.54, 1.807) is 11.7 Å². The number of esters is 1. The maximum absolute atomic E-state index is 13.2. The molecule has 0 radical (unpaired) electrons. The second-order valence-corrected chi connectivity index (χ2v) is 9.73. The molecular weight excluding hydrogens is 488 g/mol. The van der Waals surface area contributed by atoms with Gasteiger partial charge in [0.1, 0.15) is 6.10 Å². The van der Waals surface area contributed by atoms with Crippen molar-refractivity contribution in [3.8, 4) is 0 Å². The molecule has 1 fully saturated rings. The number of allylic oxidation sites excluding steroid dienone is 2. The Morgan fingerprint density at radius 1 is 1.05 bits per heavy atom. The standard InChI is InChI=1S/C28H38N4O6/c33-25(14-4-3-5-15-26(34)31-37)30-29-19-21-10-8-11-22(18-21)20-32-23-12-9-13-24(23)38-28(36)17-7-2-1-6-16-27(32)35/h1-2,8,10-11,18-19,23-24,37H,3-7,9,12-17,20H2,(H,30,33)(H,31,34)/b2-1+,29-19+/t23-,24-/m0/s1. The van der Waals surface area contributed by atoms with E-state index in [1.165, 1.54) is 0 Å². The predicted molar refractivity (Wildman–Crippen MR) is 141 cm³/mol. The lowest BCUT2D eigenvalue weighted by atomic mass is 10.1. The summed E-state index contributed by atoms with van der Waals surface area (Å²) < 4.78 is 5.76. The molecule has 2 atom stereocenters. The molecule has 1 aliphatic heterocycles. The van der Waals surface area contributed by atoms with Crippen molar-refractivity contribution in [2.24, 2.45) is 5.10 Å². The minimum absolute atomic E-state index is 0.0477. The van der Waals surface area contributed by atoms with E-state index >= 15 is 0 Å². The van der Waals surface area contributed by atoms with Gasteiger partial charge in [0, 0.05) is 32.2 Å². The number of nitrogens with zero attached hydrogens (tertiary/aromatic N) is 2. The number of unbranched alkanes of at least 4 members (excludes halogenated alkanes) is 2. The van der Waals surface area contributed by atoms with Crippen LogP contribution in [0.3, 0.4) is 0 Å². The Balaban J connectivity index is 1.57. The van der Waals surface area contributed by atoms with Crippen LogP contribution in [0.15, 0.2) is 41.5 Å². The average Bonchev–Trinajstić information content (AvgIpc) is 3.35. The third-order valence-electron chi connectivity index (χ3n) is 6.77. The molecule has 0 unspecified atom stereocenters. The number of amides is 3. The molecule has 10 nitrogen and oxygen atoms in total. The van der Waals surface area contributed by atoms with Crippen LogP contribution in [0.5, 0.6) is 0 Å². The van der Waals surface area contributed by atoms with Gasteiger partial charge in [0.25, 0.3) is 0 Å². The molecule has 206 valence electrons. The fourth-order valence-corrected chi connectivity index (χ4v) is 4.81. The van der Waals surface area contributed by atoms with Crippen molar-refractivity contribution >= 4 is 29.9 Å². The summed E-state index contributed by atoms with van der Waals surface area (Å²) in [6, 6.07) is 7.50. The van der Waals surface area contributed by atoms with Gasteiger partial charge >= 0.3 is 5.97 Å². The summed E-state index contributed by atoms with van der Waals surface area (Å²) >= 11 is 0. The van der Waals surface area contributed by atoms with E-state index in [1.807, 2.05) is 41.3 Å². The molecule has 0 saturated heterocycles. The van der Waals surface area contributed by atoms with Gasteiger partial charge < -0.3 is 9.64 Å². The first-order chi connectivity index (χ1) is 18.5. The van der Waals surface area contributed by atoms with Crippen LogP contribution in [0, 0.1) is 0 Å². The number of hydrogen-bond donors (Lipinski definition) is 3. The molecular formula is C28H38N4O6. The van der Waals surface area contributed by atoms with E-state index in [2.05, 4.69) is 10.5 Å². The molecule has 0 spiro atoms. The van der Waals surface area contributed by atoms with Crippen molar-refractivity contribution in [1.29, 1.82) is 0 Å². The van der Waals surface area contributed by atoms with E-state index < -0.39 is 5.91 Å². The van der Waals surface area contributed by atoms with Crippen LogP contribution in [0.1, 0.15) is 88.2 Å². The van der Waals surface area contributed by atoms with Crippen molar-refractivity contribution < 1.29 is 29.1 Å². The molecule has 1 heterocycles. The molecule has 0 bridgehead atoms. The summed E-state index contributed by atoms with van der Waals surface area (Å²) in [6.07, 6.45) is 12.1. The van der Waals surface area contributed by atoms with Gasteiger partial charge in [-0.2, -0.15) is 5.10 Å². The molecule has 38 heavy (non-hydrogen) atoms. The summed E-state index contributed by atoms with van der Waals surface area (Å²) in [5, 5.41) is 12.5. The Morgan fingerprint density at radius 3 is 2.61 bits per heavy atom. The topological polar surface area (TPSA) is 137 Å². The zero-order valence-corrected chi connectivity index (χ0v) is 21.8. The highest BCUT2D eigenvalue weighted by Gasteiger charge is 2.37. The summed E-state index contributed by atoms with van der Waals surface area (Å²) in [7, 11) is 0. The van der Waals surface area contributed by atoms with Gasteiger partial charge in [0.05, 0.1) is 12.3 Å². The molecule has 3 N–H and O–H groups in total. The van der Waals surface area contributed by atoms with E-state index in [0.29, 0.717) is 51.5 Å². The van der Waals surface area contributed by atoms with E-state index in [4.69, 9.17) is 9.94 Å². The number of carbonyl (C=O) groups excluding carboxylic acids is 4. The number of benzene rings is 1. The maximum Gasteiger partial charge on any atom is 0.306 e. The molecule has 1 aromatic carbocycles. The van der Waals surface area contributed by atoms with Crippen LogP contribution in [0.4, 0.5) is 0 Å². The van der Waals surface area contributed by atoms with Gasteiger partial charge in [-0.25, -0.2) is 10.9 Å². The van der Waals surface area contributed by atoms with Gasteiger partial charge in [-0.05, 0) is 62.1 Å². The smallest absolute Gasteiger partial charge is 0.306 e. The lowest BCUT2D eigenvalue weighted by Gasteiger charge is -2.33. The summed E-state index contributed by atoms with van der Waals surface area (Å²) in [5.41, 5.74) is 5.82. The van der Waals surface area contributed by atoms with E-state index in [9.17, 15) is 19.2 Å². The molecule has 1 saturated carbocycles. The van der Waals surface area contributed by atoms with Gasteiger partial charge in [-0.15, -0.1) is 0 Å². The number of nitrogens with one attached hydrogen (secondary N) is 2. The fourth-order valence-electron chi connectivity index (χ4n) is 4.81. The first-order valence-electron chi connectivity index (χ1n) is 13.4. The second kappa shape index (κ2) is 15.7. The van der Waals surface area contributed by atoms with Crippen molar-refractivity contribution in [2.45, 2.75) is 95.7 Å². The normalized spacial score (nSPS) is 21.2. The average molecular weight is 527 g/mol. The third kappa shape index (κ3) is 9.74. The van der Waals surface area contributed by atoms with Gasteiger partial charge in [0.2, 0.25) is 17.7 Å². The number of hydrazone groups is 1. The Hall–Kier alpha value is -3.53. The summed E-state index contributed by atoms with van der Waals surface area (Å²) in [5.74, 6) is -0.817. The molecule has 1 aliphatic carbocycles. The van der Waals surface area contributed by atoms with Crippen molar-refractivity contribution in [2.75, 3.05) is 0 Å². The first kappa shape index (κ1) is 29.0. The highest BCUT2D eigenvalue weighted by molar-refractivity contribution is 5.82. The van der Waals surface area contributed by atoms with E-state index in [-0.39, 0.29) is 42.8 Å². The molecule has 1 aromatic rings. The SMILES string of the molecule is O=C(CCCCCC(=O)N/N=C/c1cccc(CN2C(=O)CC/C=C/CCC(=O)O[C@H]3CCC[C@@H]32)c1)NO. The van der Waals surface area contributed by atoms with Crippen molar-refractivity contribution in [1.82, 2.24) is 15.8 Å². The summed E-state index contributed by atoms with van der Waals surface area (Å²) in [4.78, 5) is 50.3. The van der Waals surface area contributed by atoms with Crippen molar-refractivity contribution in [3.05, 3.63) is 47.5 Å². The molecule has 3 rings (SSSR count). The lowest BCUT2D eigenvalue weighted by Crippen LogP contribution is -2.45. The van der Waals surface area contributed by atoms with Gasteiger partial charge in [-0.3, -0.25) is 24.4 Å².